The molecular weight excluding hydrogens is 240 g/mol. The molecule has 0 heterocycles. The lowest BCUT2D eigenvalue weighted by molar-refractivity contribution is -0.145. The number of carbonyl (C=O) groups excluding carboxylic acids is 3. The molecule has 0 atom stereocenters. The van der Waals surface area contributed by atoms with Gasteiger partial charge in [-0.2, -0.15) is 0 Å². The Morgan fingerprint density at radius 2 is 1.56 bits per heavy atom. The van der Waals surface area contributed by atoms with Crippen LogP contribution in [-0.2, 0) is 23.9 Å². The molecule has 0 spiro atoms. The van der Waals surface area contributed by atoms with E-state index in [1.807, 2.05) is 0 Å². The molecule has 0 aliphatic carbocycles. The van der Waals surface area contributed by atoms with Gasteiger partial charge in [0.2, 0.25) is 5.91 Å². The van der Waals surface area contributed by atoms with E-state index < -0.39 is 11.9 Å². The van der Waals surface area contributed by atoms with Crippen molar-refractivity contribution in [3.8, 4) is 0 Å². The minimum atomic E-state index is -0.432. The molecule has 1 amide bonds. The summed E-state index contributed by atoms with van der Waals surface area (Å²) in [6.45, 7) is 0.441. The highest BCUT2D eigenvalue weighted by atomic mass is 16.5. The van der Waals surface area contributed by atoms with Crippen molar-refractivity contribution in [3.05, 3.63) is 0 Å². The van der Waals surface area contributed by atoms with E-state index in [0.717, 1.165) is 0 Å². The van der Waals surface area contributed by atoms with Crippen molar-refractivity contribution < 1.29 is 23.9 Å². The molecule has 7 nitrogen and oxygen atoms in total. The van der Waals surface area contributed by atoms with Crippen molar-refractivity contribution in [2.24, 2.45) is 0 Å². The van der Waals surface area contributed by atoms with Gasteiger partial charge in [-0.15, -0.1) is 0 Å². The first-order valence-electron chi connectivity index (χ1n) is 5.60. The average molecular weight is 260 g/mol. The van der Waals surface area contributed by atoms with Gasteiger partial charge in [-0.1, -0.05) is 0 Å². The predicted octanol–water partition coefficient (Wildman–Crippen LogP) is -0.839. The van der Waals surface area contributed by atoms with Gasteiger partial charge in [0.25, 0.3) is 0 Å². The first kappa shape index (κ1) is 16.4. The third kappa shape index (κ3) is 7.61. The van der Waals surface area contributed by atoms with Gasteiger partial charge in [-0.25, -0.2) is 0 Å². The standard InChI is InChI=1S/C11H20N2O5/c1-12-9(14)5-4-6-13(7-10(15)17-2)8-11(16)18-3/h4-8H2,1-3H3,(H,12,14). The van der Waals surface area contributed by atoms with Crippen molar-refractivity contribution in [1.29, 1.82) is 0 Å². The number of amides is 1. The van der Waals surface area contributed by atoms with E-state index in [0.29, 0.717) is 19.4 Å². The highest BCUT2D eigenvalue weighted by Crippen LogP contribution is 1.97. The van der Waals surface area contributed by atoms with Crippen molar-refractivity contribution in [1.82, 2.24) is 10.2 Å². The second kappa shape index (κ2) is 9.41. The Morgan fingerprint density at radius 1 is 1.06 bits per heavy atom. The van der Waals surface area contributed by atoms with Crippen LogP contribution in [0.3, 0.4) is 0 Å². The van der Waals surface area contributed by atoms with Crippen molar-refractivity contribution in [3.63, 3.8) is 0 Å². The summed E-state index contributed by atoms with van der Waals surface area (Å²) in [7, 11) is 4.12. The van der Waals surface area contributed by atoms with Crippen molar-refractivity contribution in [2.75, 3.05) is 40.9 Å². The van der Waals surface area contributed by atoms with E-state index in [9.17, 15) is 14.4 Å². The molecule has 0 saturated heterocycles. The Labute approximate surface area is 106 Å². The van der Waals surface area contributed by atoms with Gasteiger partial charge >= 0.3 is 11.9 Å². The van der Waals surface area contributed by atoms with Crippen LogP contribution in [0.5, 0.6) is 0 Å². The third-order valence-electron chi connectivity index (χ3n) is 2.32. The monoisotopic (exact) mass is 260 g/mol. The van der Waals surface area contributed by atoms with Gasteiger partial charge in [0, 0.05) is 13.5 Å². The first-order valence-corrected chi connectivity index (χ1v) is 5.60. The van der Waals surface area contributed by atoms with Gasteiger partial charge in [0.15, 0.2) is 0 Å². The Morgan fingerprint density at radius 3 is 1.94 bits per heavy atom. The zero-order chi connectivity index (χ0) is 14.0. The summed E-state index contributed by atoms with van der Waals surface area (Å²) < 4.78 is 9.07. The molecule has 0 aromatic carbocycles. The zero-order valence-electron chi connectivity index (χ0n) is 11.0. The molecule has 0 unspecified atom stereocenters. The zero-order valence-corrected chi connectivity index (χ0v) is 11.0. The SMILES string of the molecule is CNC(=O)CCCN(CC(=O)OC)CC(=O)OC. The fraction of sp³-hybridized carbons (Fsp3) is 0.727. The number of esters is 2. The fourth-order valence-corrected chi connectivity index (χ4v) is 1.30. The minimum absolute atomic E-state index is 0.000651. The maximum absolute atomic E-state index is 11.1. The molecular formula is C11H20N2O5. The Bertz CT molecular complexity index is 275. The second-order valence-electron chi connectivity index (χ2n) is 3.64. The molecule has 0 aromatic heterocycles. The molecule has 1 N–H and O–H groups in total. The first-order chi connectivity index (χ1) is 8.53. The number of hydrogen-bond acceptors (Lipinski definition) is 6. The molecule has 0 radical (unpaired) electrons. The van der Waals surface area contributed by atoms with Crippen LogP contribution >= 0.6 is 0 Å². The molecule has 0 aromatic rings. The van der Waals surface area contributed by atoms with E-state index in [-0.39, 0.29) is 19.0 Å². The Balaban J connectivity index is 4.15. The molecule has 104 valence electrons. The summed E-state index contributed by atoms with van der Waals surface area (Å²) >= 11 is 0. The van der Waals surface area contributed by atoms with Crippen LogP contribution in [-0.4, -0.2) is 63.6 Å². The van der Waals surface area contributed by atoms with E-state index in [1.165, 1.54) is 14.2 Å². The second-order valence-corrected chi connectivity index (χ2v) is 3.64. The van der Waals surface area contributed by atoms with Gasteiger partial charge < -0.3 is 14.8 Å². The minimum Gasteiger partial charge on any atom is -0.468 e. The summed E-state index contributed by atoms with van der Waals surface area (Å²) in [6.07, 6.45) is 0.892. The Kier molecular flexibility index (Phi) is 8.55. The summed E-state index contributed by atoms with van der Waals surface area (Å²) in [5.74, 6) is -0.941. The average Bonchev–Trinajstić information content (AvgIpc) is 2.37. The van der Waals surface area contributed by atoms with Crippen LogP contribution in [0, 0.1) is 0 Å². The summed E-state index contributed by atoms with van der Waals surface area (Å²) in [4.78, 5) is 34.9. The lowest BCUT2D eigenvalue weighted by Gasteiger charge is -2.19. The number of nitrogens with zero attached hydrogens (tertiary/aromatic N) is 1. The Hall–Kier alpha value is -1.63. The largest absolute Gasteiger partial charge is 0.468 e. The number of methoxy groups -OCH3 is 2. The maximum Gasteiger partial charge on any atom is 0.319 e. The topological polar surface area (TPSA) is 84.9 Å². The number of ether oxygens (including phenoxy) is 2. The van der Waals surface area contributed by atoms with Crippen LogP contribution in [0.2, 0.25) is 0 Å². The summed E-state index contributed by atoms with van der Waals surface area (Å²) in [5, 5.41) is 2.50. The molecule has 0 aliphatic heterocycles. The lowest BCUT2D eigenvalue weighted by atomic mass is 10.2. The fourth-order valence-electron chi connectivity index (χ4n) is 1.30. The molecule has 0 saturated carbocycles. The van der Waals surface area contributed by atoms with Gasteiger partial charge in [-0.05, 0) is 13.0 Å². The number of carbonyl (C=O) groups is 3. The van der Waals surface area contributed by atoms with Crippen molar-refractivity contribution in [2.45, 2.75) is 12.8 Å². The van der Waals surface area contributed by atoms with Crippen LogP contribution in [0.1, 0.15) is 12.8 Å². The smallest absolute Gasteiger partial charge is 0.319 e. The predicted molar refractivity (Wildman–Crippen MR) is 63.8 cm³/mol. The lowest BCUT2D eigenvalue weighted by Crippen LogP contribution is -2.36. The molecule has 18 heavy (non-hydrogen) atoms. The molecule has 0 bridgehead atoms. The molecule has 0 rings (SSSR count). The maximum atomic E-state index is 11.1. The molecule has 0 fully saturated rings. The van der Waals surface area contributed by atoms with Crippen molar-refractivity contribution >= 4 is 17.8 Å². The van der Waals surface area contributed by atoms with Gasteiger partial charge in [0.1, 0.15) is 0 Å². The van der Waals surface area contributed by atoms with Crippen LogP contribution in [0.25, 0.3) is 0 Å². The third-order valence-corrected chi connectivity index (χ3v) is 2.32. The van der Waals surface area contributed by atoms with Crippen LogP contribution in [0.4, 0.5) is 0 Å². The van der Waals surface area contributed by atoms with Crippen LogP contribution in [0.15, 0.2) is 0 Å². The number of hydrogen-bond donors (Lipinski definition) is 1. The summed E-state index contributed by atoms with van der Waals surface area (Å²) in [5.41, 5.74) is 0. The van der Waals surface area contributed by atoms with Crippen LogP contribution < -0.4 is 5.32 Å². The van der Waals surface area contributed by atoms with E-state index >= 15 is 0 Å². The highest BCUT2D eigenvalue weighted by molar-refractivity contribution is 5.76. The van der Waals surface area contributed by atoms with E-state index in [1.54, 1.807) is 11.9 Å². The van der Waals surface area contributed by atoms with E-state index in [4.69, 9.17) is 0 Å². The summed E-state index contributed by atoms with van der Waals surface area (Å²) in [6, 6.07) is 0. The molecule has 0 aliphatic rings. The van der Waals surface area contributed by atoms with Gasteiger partial charge in [0.05, 0.1) is 27.3 Å². The van der Waals surface area contributed by atoms with E-state index in [2.05, 4.69) is 14.8 Å². The normalized spacial score (nSPS) is 10.0. The number of nitrogens with one attached hydrogen (secondary N) is 1. The van der Waals surface area contributed by atoms with Gasteiger partial charge in [-0.3, -0.25) is 19.3 Å². The quantitative estimate of drug-likeness (QED) is 0.573. The number of rotatable bonds is 8. The highest BCUT2D eigenvalue weighted by Gasteiger charge is 2.15. The molecule has 7 heteroatoms.